The summed E-state index contributed by atoms with van der Waals surface area (Å²) in [5.74, 6) is -0.121. The molecule has 27 heavy (non-hydrogen) atoms. The molecule has 0 bridgehead atoms. The Morgan fingerprint density at radius 3 is 2.74 bits per heavy atom. The Morgan fingerprint density at radius 1 is 1.33 bits per heavy atom. The molecule has 0 saturated heterocycles. The molecule has 2 N–H and O–H groups in total. The minimum absolute atomic E-state index is 0.173. The fraction of sp³-hybridized carbons (Fsp3) is 0.381. The topological polar surface area (TPSA) is 64.0 Å². The number of hydrogen-bond donors (Lipinski definition) is 2. The van der Waals surface area contributed by atoms with E-state index in [2.05, 4.69) is 36.3 Å². The summed E-state index contributed by atoms with van der Waals surface area (Å²) in [4.78, 5) is 16.0. The normalized spacial score (nSPS) is 18.9. The van der Waals surface area contributed by atoms with E-state index >= 15 is 0 Å². The number of hydrogen-bond acceptors (Lipinski definition) is 5. The lowest BCUT2D eigenvalue weighted by molar-refractivity contribution is -0.134. The zero-order chi connectivity index (χ0) is 19.3. The number of carbonyl (C=O) groups is 1. The van der Waals surface area contributed by atoms with E-state index in [0.29, 0.717) is 23.8 Å². The second kappa shape index (κ2) is 6.60. The summed E-state index contributed by atoms with van der Waals surface area (Å²) in [5.41, 5.74) is 5.32. The Labute approximate surface area is 163 Å². The number of rotatable bonds is 4. The average Bonchev–Trinajstić information content (AvgIpc) is 3.20. The van der Waals surface area contributed by atoms with Crippen LogP contribution in [0.3, 0.4) is 0 Å². The van der Waals surface area contributed by atoms with Gasteiger partial charge in [-0.25, -0.2) is 4.79 Å². The third kappa shape index (κ3) is 2.88. The lowest BCUT2D eigenvalue weighted by Gasteiger charge is -2.36. The maximum atomic E-state index is 12.0. The fourth-order valence-corrected chi connectivity index (χ4v) is 4.96. The first-order valence-electron chi connectivity index (χ1n) is 9.23. The second-order valence-electron chi connectivity index (χ2n) is 7.72. The Morgan fingerprint density at radius 2 is 2.11 bits per heavy atom. The Bertz CT molecular complexity index is 918. The van der Waals surface area contributed by atoms with Gasteiger partial charge >= 0.3 is 5.97 Å². The number of aryl methyl sites for hydroxylation is 1. The Kier molecular flexibility index (Phi) is 4.38. The quantitative estimate of drug-likeness (QED) is 0.821. The molecule has 2 aliphatic rings. The van der Waals surface area contributed by atoms with Gasteiger partial charge in [-0.1, -0.05) is 13.8 Å². The van der Waals surface area contributed by atoms with Crippen LogP contribution in [0, 0.1) is 5.92 Å². The molecule has 0 aliphatic carbocycles. The zero-order valence-corrected chi connectivity index (χ0v) is 16.6. The van der Waals surface area contributed by atoms with Gasteiger partial charge in [-0.2, -0.15) is 11.3 Å². The van der Waals surface area contributed by atoms with Crippen molar-refractivity contribution < 1.29 is 15.0 Å². The molecule has 0 fully saturated rings. The summed E-state index contributed by atoms with van der Waals surface area (Å²) in [6.45, 7) is 4.26. The molecule has 6 heteroatoms. The molecule has 5 nitrogen and oxygen atoms in total. The van der Waals surface area contributed by atoms with Gasteiger partial charge in [0.15, 0.2) is 0 Å². The van der Waals surface area contributed by atoms with Crippen LogP contribution in [0.2, 0.25) is 0 Å². The molecule has 1 aromatic heterocycles. The van der Waals surface area contributed by atoms with Crippen LogP contribution >= 0.6 is 11.3 Å². The summed E-state index contributed by atoms with van der Waals surface area (Å²) in [5, 5.41) is 24.4. The highest BCUT2D eigenvalue weighted by molar-refractivity contribution is 7.08. The Hall–Kier alpha value is -2.47. The van der Waals surface area contributed by atoms with Gasteiger partial charge in [0.2, 0.25) is 0 Å². The van der Waals surface area contributed by atoms with Crippen molar-refractivity contribution >= 4 is 23.0 Å². The van der Waals surface area contributed by atoms with Gasteiger partial charge in [0.25, 0.3) is 0 Å². The van der Waals surface area contributed by atoms with Crippen LogP contribution in [0.1, 0.15) is 43.1 Å². The number of thiophene rings is 1. The van der Waals surface area contributed by atoms with Crippen LogP contribution < -0.4 is 4.90 Å². The van der Waals surface area contributed by atoms with Crippen molar-refractivity contribution in [3.63, 3.8) is 0 Å². The first kappa shape index (κ1) is 17.9. The number of carboxylic acids is 1. The first-order chi connectivity index (χ1) is 12.9. The summed E-state index contributed by atoms with van der Waals surface area (Å²) < 4.78 is 0. The van der Waals surface area contributed by atoms with Crippen molar-refractivity contribution in [1.29, 1.82) is 0 Å². The second-order valence-corrected chi connectivity index (χ2v) is 8.50. The van der Waals surface area contributed by atoms with E-state index in [1.807, 2.05) is 23.4 Å². The number of aromatic hydroxyl groups is 1. The zero-order valence-electron chi connectivity index (χ0n) is 15.8. The number of allylic oxidation sites excluding steroid dienone is 1. The van der Waals surface area contributed by atoms with Gasteiger partial charge in [-0.3, -0.25) is 0 Å². The van der Waals surface area contributed by atoms with Crippen LogP contribution in [0.25, 0.3) is 0 Å². The number of carboxylic acid groups (broad SMARTS) is 1. The first-order valence-corrected chi connectivity index (χ1v) is 10.2. The number of nitrogens with zero attached hydrogens (tertiary/aromatic N) is 2. The van der Waals surface area contributed by atoms with Crippen molar-refractivity contribution in [2.75, 3.05) is 11.9 Å². The summed E-state index contributed by atoms with van der Waals surface area (Å²) >= 11 is 1.61. The molecule has 0 saturated carbocycles. The molecule has 4 rings (SSSR count). The number of benzene rings is 1. The number of fused-ring (bicyclic) bond motifs is 3. The predicted molar refractivity (Wildman–Crippen MR) is 107 cm³/mol. The van der Waals surface area contributed by atoms with Gasteiger partial charge in [0, 0.05) is 18.3 Å². The third-order valence-electron chi connectivity index (χ3n) is 5.37. The number of phenolic OH excluding ortho intramolecular Hbond substituents is 1. The highest BCUT2D eigenvalue weighted by atomic mass is 32.1. The molecular weight excluding hydrogens is 360 g/mol. The third-order valence-corrected chi connectivity index (χ3v) is 6.07. The minimum atomic E-state index is -0.889. The number of aliphatic carboxylic acids is 1. The van der Waals surface area contributed by atoms with Crippen molar-refractivity contribution in [3.05, 3.63) is 57.0 Å². The fourth-order valence-electron chi connectivity index (χ4n) is 4.29. The van der Waals surface area contributed by atoms with Gasteiger partial charge < -0.3 is 20.0 Å². The average molecular weight is 385 g/mol. The van der Waals surface area contributed by atoms with Crippen LogP contribution in [0.5, 0.6) is 5.75 Å². The maximum Gasteiger partial charge on any atom is 0.354 e. The largest absolute Gasteiger partial charge is 0.508 e. The van der Waals surface area contributed by atoms with Crippen LogP contribution in [0.15, 0.2) is 40.4 Å². The van der Waals surface area contributed by atoms with E-state index in [-0.39, 0.29) is 6.17 Å². The van der Waals surface area contributed by atoms with E-state index < -0.39 is 5.97 Å². The van der Waals surface area contributed by atoms with Crippen LogP contribution in [-0.2, 0) is 17.6 Å². The summed E-state index contributed by atoms with van der Waals surface area (Å²) in [6, 6.07) is 5.98. The van der Waals surface area contributed by atoms with E-state index in [0.717, 1.165) is 40.9 Å². The molecule has 0 radical (unpaired) electrons. The molecule has 0 spiro atoms. The van der Waals surface area contributed by atoms with Gasteiger partial charge in [-0.15, -0.1) is 0 Å². The lowest BCUT2D eigenvalue weighted by atomic mass is 9.93. The molecule has 2 aliphatic heterocycles. The van der Waals surface area contributed by atoms with E-state index in [4.69, 9.17) is 0 Å². The number of phenols is 1. The predicted octanol–water partition coefficient (Wildman–Crippen LogP) is 4.35. The SMILES string of the molecule is CC(C)Cc1cc2c(cc1O)CCC1=C(C(=O)O)N(C)C(c3ccsc3)N12. The van der Waals surface area contributed by atoms with Crippen LogP contribution in [0.4, 0.5) is 5.69 Å². The minimum Gasteiger partial charge on any atom is -0.508 e. The van der Waals surface area contributed by atoms with E-state index in [9.17, 15) is 15.0 Å². The molecule has 2 aromatic rings. The molecule has 142 valence electrons. The molecule has 1 unspecified atom stereocenters. The molecule has 3 heterocycles. The molecule has 1 atom stereocenters. The van der Waals surface area contributed by atoms with Crippen molar-refractivity contribution in [1.82, 2.24) is 4.90 Å². The molecule has 0 amide bonds. The number of likely N-dealkylation sites (N-methyl/N-ethyl adjacent to an activating group) is 1. The highest BCUT2D eigenvalue weighted by Crippen LogP contribution is 2.49. The Balaban J connectivity index is 1.89. The summed E-state index contributed by atoms with van der Waals surface area (Å²) in [7, 11) is 1.85. The van der Waals surface area contributed by atoms with Crippen molar-refractivity contribution in [3.8, 4) is 5.75 Å². The monoisotopic (exact) mass is 384 g/mol. The van der Waals surface area contributed by atoms with Crippen molar-refractivity contribution in [2.45, 2.75) is 39.3 Å². The summed E-state index contributed by atoms with van der Waals surface area (Å²) in [6.07, 6.45) is 2.00. The lowest BCUT2D eigenvalue weighted by Crippen LogP contribution is -2.33. The van der Waals surface area contributed by atoms with E-state index in [1.165, 1.54) is 0 Å². The molecular formula is C21H24N2O3S. The van der Waals surface area contributed by atoms with Gasteiger partial charge in [-0.05, 0) is 65.3 Å². The molecule has 1 aromatic carbocycles. The van der Waals surface area contributed by atoms with Gasteiger partial charge in [0.05, 0.1) is 5.70 Å². The maximum absolute atomic E-state index is 12.0. The number of anilines is 1. The van der Waals surface area contributed by atoms with Crippen molar-refractivity contribution in [2.24, 2.45) is 5.92 Å². The highest BCUT2D eigenvalue weighted by Gasteiger charge is 2.43. The van der Waals surface area contributed by atoms with Crippen LogP contribution in [-0.4, -0.2) is 28.1 Å². The van der Waals surface area contributed by atoms with Gasteiger partial charge in [0.1, 0.15) is 17.6 Å². The standard InChI is InChI=1S/C21H24N2O3S/c1-12(2)8-15-9-17-13(10-18(15)24)4-5-16-19(21(25)26)22(3)20(23(16)17)14-6-7-27-11-14/h6-7,9-12,20,24H,4-5,8H2,1-3H3,(H,25,26). The smallest absolute Gasteiger partial charge is 0.354 e. The van der Waals surface area contributed by atoms with E-state index in [1.54, 1.807) is 11.3 Å².